The molecule has 114 valence electrons. The molecule has 0 aromatic carbocycles. The Kier molecular flexibility index (Phi) is 8.81. The topological polar surface area (TPSA) is 98.0 Å². The van der Waals surface area contributed by atoms with Gasteiger partial charge in [0.25, 0.3) is 0 Å². The zero-order chi connectivity index (χ0) is 14.6. The Morgan fingerprint density at radius 3 is 2.55 bits per heavy atom. The van der Waals surface area contributed by atoms with Crippen LogP contribution in [0.25, 0.3) is 0 Å². The van der Waals surface area contributed by atoms with E-state index in [1.54, 1.807) is 0 Å². The number of ether oxygens (including phenoxy) is 1. The fourth-order valence-electron chi connectivity index (χ4n) is 1.62. The van der Waals surface area contributed by atoms with Gasteiger partial charge < -0.3 is 10.1 Å². The first kappa shape index (κ1) is 16.8. The largest absolute Gasteiger partial charge is 0.464 e. The molecule has 0 spiro atoms. The highest BCUT2D eigenvalue weighted by Crippen LogP contribution is 2.11. The molecule has 1 aromatic rings. The maximum absolute atomic E-state index is 5.32. The number of nitrogens with one attached hydrogen (secondary N) is 2. The molecule has 8 heteroatoms. The minimum absolute atomic E-state index is 0.276. The first-order valence-corrected chi connectivity index (χ1v) is 8.27. The van der Waals surface area contributed by atoms with Gasteiger partial charge in [-0.2, -0.15) is 26.7 Å². The van der Waals surface area contributed by atoms with Gasteiger partial charge in [0.05, 0.1) is 6.61 Å². The number of nitrogens with zero attached hydrogens (tertiary/aromatic N) is 3. The van der Waals surface area contributed by atoms with Gasteiger partial charge >= 0.3 is 6.01 Å². The van der Waals surface area contributed by atoms with Crippen LogP contribution in [0.2, 0.25) is 0 Å². The van der Waals surface area contributed by atoms with E-state index in [9.17, 15) is 0 Å². The van der Waals surface area contributed by atoms with Crippen molar-refractivity contribution in [2.75, 3.05) is 35.9 Å². The highest BCUT2D eigenvalue weighted by molar-refractivity contribution is 7.98. The molecule has 0 aliphatic heterocycles. The second-order valence-corrected chi connectivity index (χ2v) is 5.16. The Balaban J connectivity index is 2.33. The van der Waals surface area contributed by atoms with E-state index in [4.69, 9.17) is 10.6 Å². The highest BCUT2D eigenvalue weighted by Gasteiger charge is 2.05. The fourth-order valence-corrected chi connectivity index (χ4v) is 2.11. The minimum Gasteiger partial charge on any atom is -0.464 e. The molecule has 0 aliphatic carbocycles. The molecule has 20 heavy (non-hydrogen) atoms. The number of anilines is 2. The third-order valence-electron chi connectivity index (χ3n) is 2.58. The number of hydrazine groups is 1. The summed E-state index contributed by atoms with van der Waals surface area (Å²) >= 11 is 1.90. The van der Waals surface area contributed by atoms with E-state index in [-0.39, 0.29) is 6.01 Å². The zero-order valence-corrected chi connectivity index (χ0v) is 13.0. The summed E-state index contributed by atoms with van der Waals surface area (Å²) in [5.74, 6) is 7.34. The van der Waals surface area contributed by atoms with Crippen LogP contribution in [0.5, 0.6) is 6.01 Å². The van der Waals surface area contributed by atoms with Crippen molar-refractivity contribution in [3.05, 3.63) is 0 Å². The van der Waals surface area contributed by atoms with Crippen molar-refractivity contribution < 1.29 is 4.74 Å². The molecule has 0 fully saturated rings. The lowest BCUT2D eigenvalue weighted by molar-refractivity contribution is 0.312. The lowest BCUT2D eigenvalue weighted by atomic mass is 10.2. The maximum atomic E-state index is 5.32. The van der Waals surface area contributed by atoms with Crippen LogP contribution in [0.4, 0.5) is 11.9 Å². The number of nitrogens with two attached hydrogens (primary N) is 1. The SMILES string of the molecule is CCOc1nc(NN)nc(NCCCCCCSC)n1. The molecular weight excluding hydrogens is 276 g/mol. The first-order chi connectivity index (χ1) is 9.80. The van der Waals surface area contributed by atoms with E-state index in [1.807, 2.05) is 18.7 Å². The number of nitrogen functional groups attached to an aromatic ring is 1. The number of hydrogen-bond donors (Lipinski definition) is 3. The summed E-state index contributed by atoms with van der Waals surface area (Å²) in [4.78, 5) is 12.3. The predicted molar refractivity (Wildman–Crippen MR) is 84.1 cm³/mol. The predicted octanol–water partition coefficient (Wildman–Crippen LogP) is 1.89. The van der Waals surface area contributed by atoms with Gasteiger partial charge in [-0.05, 0) is 31.8 Å². The summed E-state index contributed by atoms with van der Waals surface area (Å²) in [6, 6.07) is 0.276. The second kappa shape index (κ2) is 10.5. The molecule has 0 aliphatic rings. The normalized spacial score (nSPS) is 10.3. The Hall–Kier alpha value is -1.28. The first-order valence-electron chi connectivity index (χ1n) is 6.88. The van der Waals surface area contributed by atoms with Crippen LogP contribution in [0.1, 0.15) is 32.6 Å². The number of rotatable bonds is 11. The lowest BCUT2D eigenvalue weighted by Crippen LogP contribution is -2.15. The van der Waals surface area contributed by atoms with Crippen molar-refractivity contribution in [3.8, 4) is 6.01 Å². The molecule has 0 saturated heterocycles. The van der Waals surface area contributed by atoms with Gasteiger partial charge in [0.1, 0.15) is 0 Å². The van der Waals surface area contributed by atoms with Crippen molar-refractivity contribution in [1.29, 1.82) is 0 Å². The lowest BCUT2D eigenvalue weighted by Gasteiger charge is -2.08. The van der Waals surface area contributed by atoms with Gasteiger partial charge in [0.15, 0.2) is 0 Å². The second-order valence-electron chi connectivity index (χ2n) is 4.18. The third kappa shape index (κ3) is 6.76. The summed E-state index contributed by atoms with van der Waals surface area (Å²) in [6.45, 7) is 3.21. The van der Waals surface area contributed by atoms with Crippen LogP contribution in [0, 0.1) is 0 Å². The van der Waals surface area contributed by atoms with E-state index in [1.165, 1.54) is 25.0 Å². The van der Waals surface area contributed by atoms with Crippen molar-refractivity contribution in [1.82, 2.24) is 15.0 Å². The van der Waals surface area contributed by atoms with Gasteiger partial charge in [-0.25, -0.2) is 5.84 Å². The average Bonchev–Trinajstić information content (AvgIpc) is 2.46. The molecule has 1 aromatic heterocycles. The smallest absolute Gasteiger partial charge is 0.323 e. The standard InChI is InChI=1S/C12H24N6OS/c1-3-19-12-16-10(15-11(17-12)18-13)14-8-6-4-5-7-9-20-2/h3-9,13H2,1-2H3,(H2,14,15,16,17,18). The quantitative estimate of drug-likeness (QED) is 0.324. The zero-order valence-electron chi connectivity index (χ0n) is 12.2. The summed E-state index contributed by atoms with van der Waals surface area (Å²) in [6.07, 6.45) is 6.98. The monoisotopic (exact) mass is 300 g/mol. The van der Waals surface area contributed by atoms with Crippen molar-refractivity contribution >= 4 is 23.7 Å². The van der Waals surface area contributed by atoms with Crippen molar-refractivity contribution in [2.45, 2.75) is 32.6 Å². The Bertz CT molecular complexity index is 379. The van der Waals surface area contributed by atoms with E-state index >= 15 is 0 Å². The summed E-state index contributed by atoms with van der Waals surface area (Å²) in [5.41, 5.74) is 2.41. The third-order valence-corrected chi connectivity index (χ3v) is 3.27. The van der Waals surface area contributed by atoms with Crippen LogP contribution in [0.15, 0.2) is 0 Å². The molecular formula is C12H24N6OS. The van der Waals surface area contributed by atoms with Gasteiger partial charge in [-0.15, -0.1) is 0 Å². The number of hydrogen-bond acceptors (Lipinski definition) is 8. The van der Waals surface area contributed by atoms with Gasteiger partial charge in [-0.1, -0.05) is 12.8 Å². The van der Waals surface area contributed by atoms with Crippen LogP contribution >= 0.6 is 11.8 Å². The molecule has 4 N–H and O–H groups in total. The number of aromatic nitrogens is 3. The van der Waals surface area contributed by atoms with Gasteiger partial charge in [0, 0.05) is 6.54 Å². The maximum Gasteiger partial charge on any atom is 0.323 e. The van der Waals surface area contributed by atoms with E-state index in [0.717, 1.165) is 13.0 Å². The molecule has 0 atom stereocenters. The van der Waals surface area contributed by atoms with Gasteiger partial charge in [-0.3, -0.25) is 5.43 Å². The van der Waals surface area contributed by atoms with E-state index in [2.05, 4.69) is 32.0 Å². The summed E-state index contributed by atoms with van der Waals surface area (Å²) < 4.78 is 5.26. The molecule has 0 bridgehead atoms. The molecule has 1 rings (SSSR count). The van der Waals surface area contributed by atoms with Crippen LogP contribution in [0.3, 0.4) is 0 Å². The summed E-state index contributed by atoms with van der Waals surface area (Å²) in [5, 5.41) is 3.17. The molecule has 0 amide bonds. The number of thioether (sulfide) groups is 1. The molecule has 0 saturated carbocycles. The Morgan fingerprint density at radius 1 is 1.10 bits per heavy atom. The van der Waals surface area contributed by atoms with Crippen LogP contribution in [-0.2, 0) is 0 Å². The van der Waals surface area contributed by atoms with Crippen LogP contribution in [-0.4, -0.2) is 40.1 Å². The van der Waals surface area contributed by atoms with Crippen molar-refractivity contribution in [3.63, 3.8) is 0 Å². The van der Waals surface area contributed by atoms with E-state index in [0.29, 0.717) is 18.5 Å². The summed E-state index contributed by atoms with van der Waals surface area (Å²) in [7, 11) is 0. The van der Waals surface area contributed by atoms with Gasteiger partial charge in [0.2, 0.25) is 11.9 Å². The Labute approximate surface area is 124 Å². The Morgan fingerprint density at radius 2 is 1.85 bits per heavy atom. The number of unbranched alkanes of at least 4 members (excludes halogenated alkanes) is 3. The molecule has 7 nitrogen and oxygen atoms in total. The minimum atomic E-state index is 0.276. The van der Waals surface area contributed by atoms with E-state index < -0.39 is 0 Å². The average molecular weight is 300 g/mol. The fraction of sp³-hybridized carbons (Fsp3) is 0.750. The molecule has 0 unspecified atom stereocenters. The molecule has 0 radical (unpaired) electrons. The van der Waals surface area contributed by atoms with Crippen molar-refractivity contribution in [2.24, 2.45) is 5.84 Å². The molecule has 1 heterocycles. The van der Waals surface area contributed by atoms with Crippen LogP contribution < -0.4 is 21.3 Å². The highest BCUT2D eigenvalue weighted by atomic mass is 32.2.